The van der Waals surface area contributed by atoms with Gasteiger partial charge in [0.1, 0.15) is 0 Å². The van der Waals surface area contributed by atoms with Gasteiger partial charge in [0.05, 0.1) is 0 Å². The topological polar surface area (TPSA) is 52.7 Å². The maximum atomic E-state index is 12.6. The zero-order valence-corrected chi connectivity index (χ0v) is 17.9. The number of carbonyl (C=O) groups is 2. The van der Waals surface area contributed by atoms with E-state index in [1.807, 2.05) is 4.90 Å². The van der Waals surface area contributed by atoms with Gasteiger partial charge in [-0.15, -0.1) is 0 Å². The van der Waals surface area contributed by atoms with Crippen molar-refractivity contribution in [1.82, 2.24) is 9.80 Å². The van der Waals surface area contributed by atoms with Crippen molar-refractivity contribution in [3.63, 3.8) is 0 Å². The first-order valence-corrected chi connectivity index (χ1v) is 11.4. The average molecular weight is 398 g/mol. The molecular weight excluding hydrogens is 362 g/mol. The number of nitrogens with one attached hydrogen (secondary N) is 1. The summed E-state index contributed by atoms with van der Waals surface area (Å²) in [6, 6.07) is 10.0. The van der Waals surface area contributed by atoms with E-state index in [0.717, 1.165) is 30.6 Å². The number of hydrogen-bond acceptors (Lipinski definition) is 3. The van der Waals surface area contributed by atoms with Crippen molar-refractivity contribution in [2.45, 2.75) is 76.8 Å². The van der Waals surface area contributed by atoms with Gasteiger partial charge in [-0.25, -0.2) is 0 Å². The second-order valence-electron chi connectivity index (χ2n) is 9.28. The molecule has 0 spiro atoms. The number of likely N-dealkylation sites (tertiary alicyclic amines) is 2. The average Bonchev–Trinajstić information content (AvgIpc) is 3.37. The lowest BCUT2D eigenvalue weighted by molar-refractivity contribution is -0.132. The Morgan fingerprint density at radius 3 is 2.31 bits per heavy atom. The van der Waals surface area contributed by atoms with E-state index < -0.39 is 0 Å². The summed E-state index contributed by atoms with van der Waals surface area (Å²) in [4.78, 5) is 28.6. The summed E-state index contributed by atoms with van der Waals surface area (Å²) in [6.45, 7) is 6.62. The lowest BCUT2D eigenvalue weighted by atomic mass is 9.95. The van der Waals surface area contributed by atoms with Crippen molar-refractivity contribution in [2.75, 3.05) is 25.0 Å². The van der Waals surface area contributed by atoms with Crippen LogP contribution in [0.1, 0.15) is 70.3 Å². The van der Waals surface area contributed by atoms with Crippen LogP contribution in [0.25, 0.3) is 0 Å². The highest BCUT2D eigenvalue weighted by Gasteiger charge is 2.34. The largest absolute Gasteiger partial charge is 0.343 e. The molecule has 4 rings (SSSR count). The molecule has 1 saturated carbocycles. The van der Waals surface area contributed by atoms with Crippen molar-refractivity contribution >= 4 is 17.5 Å². The Bertz CT molecular complexity index is 724. The van der Waals surface area contributed by atoms with Crippen LogP contribution in [-0.2, 0) is 9.59 Å². The summed E-state index contributed by atoms with van der Waals surface area (Å²) in [5, 5.41) is 3.08. The highest BCUT2D eigenvalue weighted by molar-refractivity contribution is 5.92. The minimum absolute atomic E-state index is 0.00307. The Morgan fingerprint density at radius 2 is 1.69 bits per heavy atom. The van der Waals surface area contributed by atoms with Gasteiger partial charge in [0.2, 0.25) is 11.8 Å². The van der Waals surface area contributed by atoms with Crippen LogP contribution >= 0.6 is 0 Å². The molecule has 5 nitrogen and oxygen atoms in total. The fourth-order valence-corrected chi connectivity index (χ4v) is 5.60. The second kappa shape index (κ2) is 8.86. The first-order valence-electron chi connectivity index (χ1n) is 11.4. The van der Waals surface area contributed by atoms with Gasteiger partial charge < -0.3 is 10.2 Å². The van der Waals surface area contributed by atoms with Crippen LogP contribution in [0.5, 0.6) is 0 Å². The van der Waals surface area contributed by atoms with Gasteiger partial charge in [-0.3, -0.25) is 14.5 Å². The first-order chi connectivity index (χ1) is 14.0. The van der Waals surface area contributed by atoms with Gasteiger partial charge in [-0.1, -0.05) is 12.1 Å². The number of rotatable bonds is 4. The minimum atomic E-state index is 0.00307. The molecular formula is C24H35N3O2. The Kier molecular flexibility index (Phi) is 6.23. The lowest BCUT2D eigenvalue weighted by Gasteiger charge is -2.30. The van der Waals surface area contributed by atoms with E-state index in [1.54, 1.807) is 6.92 Å². The van der Waals surface area contributed by atoms with Crippen molar-refractivity contribution in [3.8, 4) is 0 Å². The van der Waals surface area contributed by atoms with E-state index >= 15 is 0 Å². The van der Waals surface area contributed by atoms with Crippen molar-refractivity contribution in [3.05, 3.63) is 29.8 Å². The molecule has 5 heteroatoms. The van der Waals surface area contributed by atoms with E-state index in [4.69, 9.17) is 0 Å². The fraction of sp³-hybridized carbons (Fsp3) is 0.667. The fourth-order valence-electron chi connectivity index (χ4n) is 5.60. The van der Waals surface area contributed by atoms with Gasteiger partial charge in [0, 0.05) is 43.7 Å². The van der Waals surface area contributed by atoms with Crippen LogP contribution in [0, 0.1) is 5.92 Å². The normalized spacial score (nSPS) is 28.6. The summed E-state index contributed by atoms with van der Waals surface area (Å²) in [7, 11) is 0. The second-order valence-corrected chi connectivity index (χ2v) is 9.28. The summed E-state index contributed by atoms with van der Waals surface area (Å²) >= 11 is 0. The predicted molar refractivity (Wildman–Crippen MR) is 116 cm³/mol. The molecule has 1 aliphatic carbocycles. The maximum absolute atomic E-state index is 12.6. The van der Waals surface area contributed by atoms with E-state index in [9.17, 15) is 9.59 Å². The number of piperidine rings is 1. The quantitative estimate of drug-likeness (QED) is 0.835. The third-order valence-corrected chi connectivity index (χ3v) is 7.44. The van der Waals surface area contributed by atoms with Crippen LogP contribution in [0.4, 0.5) is 5.69 Å². The lowest BCUT2D eigenvalue weighted by Crippen LogP contribution is -2.40. The third-order valence-electron chi connectivity index (χ3n) is 7.44. The zero-order chi connectivity index (χ0) is 20.4. The summed E-state index contributed by atoms with van der Waals surface area (Å²) in [5.41, 5.74) is 2.29. The molecule has 0 radical (unpaired) electrons. The van der Waals surface area contributed by atoms with Gasteiger partial charge in [-0.2, -0.15) is 0 Å². The Balaban J connectivity index is 1.28. The van der Waals surface area contributed by atoms with Gasteiger partial charge in [0.15, 0.2) is 0 Å². The van der Waals surface area contributed by atoms with Crippen LogP contribution in [0.3, 0.4) is 0 Å². The summed E-state index contributed by atoms with van der Waals surface area (Å²) in [5.74, 6) is 0.842. The highest BCUT2D eigenvalue weighted by atomic mass is 16.2. The van der Waals surface area contributed by atoms with Gasteiger partial charge in [0.25, 0.3) is 0 Å². The summed E-state index contributed by atoms with van der Waals surface area (Å²) < 4.78 is 0. The molecule has 2 amide bonds. The van der Waals surface area contributed by atoms with Crippen molar-refractivity contribution in [1.29, 1.82) is 0 Å². The molecule has 3 aliphatic rings. The molecule has 1 aromatic rings. The SMILES string of the molecule is CC(=O)N1CCC(C(=O)Nc2ccc(C3CC[C@H](N4CCC[C@@H]4C)C3)cc2)CC1. The molecule has 2 saturated heterocycles. The molecule has 0 aromatic heterocycles. The van der Waals surface area contributed by atoms with Gasteiger partial charge >= 0.3 is 0 Å². The monoisotopic (exact) mass is 397 g/mol. The Hall–Kier alpha value is -1.88. The molecule has 2 heterocycles. The third kappa shape index (κ3) is 4.66. The molecule has 1 N–H and O–H groups in total. The van der Waals surface area contributed by atoms with Crippen molar-refractivity contribution < 1.29 is 9.59 Å². The molecule has 3 fully saturated rings. The molecule has 1 unspecified atom stereocenters. The number of carbonyl (C=O) groups excluding carboxylic acids is 2. The standard InChI is InChI=1S/C24H35N3O2/c1-17-4-3-13-27(17)23-10-7-21(16-23)19-5-8-22(9-6-19)25-24(29)20-11-14-26(15-12-20)18(2)28/h5-6,8-9,17,20-21,23H,3-4,7,10-16H2,1-2H3,(H,25,29)/t17-,21?,23-/m0/s1. The van der Waals surface area contributed by atoms with Crippen LogP contribution in [-0.4, -0.2) is 53.3 Å². The van der Waals surface area contributed by atoms with Crippen LogP contribution in [0.2, 0.25) is 0 Å². The van der Waals surface area contributed by atoms with E-state index in [1.165, 1.54) is 44.2 Å². The first kappa shape index (κ1) is 20.4. The number of hydrogen-bond donors (Lipinski definition) is 1. The number of benzene rings is 1. The molecule has 1 aromatic carbocycles. The predicted octanol–water partition coefficient (Wildman–Crippen LogP) is 4.00. The summed E-state index contributed by atoms with van der Waals surface area (Å²) in [6.07, 6.45) is 8.06. The number of anilines is 1. The molecule has 3 atom stereocenters. The van der Waals surface area contributed by atoms with Gasteiger partial charge in [-0.05, 0) is 82.0 Å². The Labute approximate surface area is 174 Å². The van der Waals surface area contributed by atoms with Crippen LogP contribution in [0.15, 0.2) is 24.3 Å². The Morgan fingerprint density at radius 1 is 0.966 bits per heavy atom. The smallest absolute Gasteiger partial charge is 0.227 e. The van der Waals surface area contributed by atoms with E-state index in [0.29, 0.717) is 19.0 Å². The highest BCUT2D eigenvalue weighted by Crippen LogP contribution is 2.39. The van der Waals surface area contributed by atoms with Crippen molar-refractivity contribution in [2.24, 2.45) is 5.92 Å². The number of amides is 2. The van der Waals surface area contributed by atoms with E-state index in [-0.39, 0.29) is 17.7 Å². The molecule has 2 aliphatic heterocycles. The minimum Gasteiger partial charge on any atom is -0.343 e. The van der Waals surface area contributed by atoms with Crippen LogP contribution < -0.4 is 5.32 Å². The number of nitrogens with zero attached hydrogens (tertiary/aromatic N) is 2. The zero-order valence-electron chi connectivity index (χ0n) is 17.9. The molecule has 0 bridgehead atoms. The van der Waals surface area contributed by atoms with E-state index in [2.05, 4.69) is 41.4 Å². The maximum Gasteiger partial charge on any atom is 0.227 e. The molecule has 29 heavy (non-hydrogen) atoms. The molecule has 158 valence electrons.